The standard InChI is InChI=1S/C19H19NO2/c1-2-3-4-13-20-14-15-5-7-16(8-6-15)17-9-11-18(12-10-17)19(21)22/h5-12H,2-4,13H2,1H3/p+1. The van der Waals surface area contributed by atoms with Gasteiger partial charge in [0.15, 0.2) is 0 Å². The minimum absolute atomic E-state index is 0.299. The molecule has 0 spiro atoms. The molecule has 0 aliphatic heterocycles. The summed E-state index contributed by atoms with van der Waals surface area (Å²) in [4.78, 5) is 15.1. The van der Waals surface area contributed by atoms with E-state index in [2.05, 4.69) is 17.8 Å². The highest BCUT2D eigenvalue weighted by Crippen LogP contribution is 2.20. The molecule has 0 saturated heterocycles. The minimum atomic E-state index is -0.907. The maximum atomic E-state index is 10.8. The summed E-state index contributed by atoms with van der Waals surface area (Å²) >= 11 is 0. The van der Waals surface area contributed by atoms with Crippen LogP contribution in [0.2, 0.25) is 0 Å². The molecule has 0 atom stereocenters. The fourth-order valence-corrected chi connectivity index (χ4v) is 2.13. The van der Waals surface area contributed by atoms with Crippen molar-refractivity contribution >= 4 is 5.97 Å². The first-order valence-electron chi connectivity index (χ1n) is 7.57. The Balaban J connectivity index is 2.03. The summed E-state index contributed by atoms with van der Waals surface area (Å²) in [6.07, 6.45) is 3.51. The van der Waals surface area contributed by atoms with Crippen LogP contribution in [0.4, 0.5) is 0 Å². The highest BCUT2D eigenvalue weighted by Gasteiger charge is 2.04. The summed E-state index contributed by atoms with van der Waals surface area (Å²) in [7, 11) is 0. The van der Waals surface area contributed by atoms with Crippen LogP contribution in [0.3, 0.4) is 0 Å². The molecule has 0 aliphatic rings. The fourth-order valence-electron chi connectivity index (χ4n) is 2.13. The largest absolute Gasteiger partial charge is 0.478 e. The zero-order valence-corrected chi connectivity index (χ0v) is 12.7. The molecule has 22 heavy (non-hydrogen) atoms. The van der Waals surface area contributed by atoms with Crippen molar-refractivity contribution in [3.63, 3.8) is 0 Å². The Kier molecular flexibility index (Phi) is 5.73. The van der Waals surface area contributed by atoms with E-state index in [1.54, 1.807) is 12.1 Å². The highest BCUT2D eigenvalue weighted by atomic mass is 16.4. The third-order valence-corrected chi connectivity index (χ3v) is 3.43. The van der Waals surface area contributed by atoms with Gasteiger partial charge in [0.05, 0.1) is 5.56 Å². The van der Waals surface area contributed by atoms with Crippen LogP contribution in [-0.2, 0) is 0 Å². The molecule has 0 fully saturated rings. The van der Waals surface area contributed by atoms with Gasteiger partial charge in [-0.05, 0) is 41.8 Å². The molecular weight excluding hydrogens is 274 g/mol. The summed E-state index contributed by atoms with van der Waals surface area (Å²) in [5.74, 6) is -0.907. The monoisotopic (exact) mass is 294 g/mol. The lowest BCUT2D eigenvalue weighted by molar-refractivity contribution is 0.0697. The lowest BCUT2D eigenvalue weighted by Gasteiger charge is -2.01. The van der Waals surface area contributed by atoms with E-state index in [-0.39, 0.29) is 0 Å². The van der Waals surface area contributed by atoms with Gasteiger partial charge in [0.2, 0.25) is 0 Å². The van der Waals surface area contributed by atoms with Crippen molar-refractivity contribution in [1.82, 2.24) is 0 Å². The second-order valence-corrected chi connectivity index (χ2v) is 5.16. The summed E-state index contributed by atoms with van der Waals surface area (Å²) in [5.41, 5.74) is 3.31. The lowest BCUT2D eigenvalue weighted by atomic mass is 10.0. The molecule has 1 N–H and O–H groups in total. The number of hydrogen-bond acceptors (Lipinski definition) is 1. The van der Waals surface area contributed by atoms with Gasteiger partial charge < -0.3 is 5.11 Å². The number of unbranched alkanes of at least 4 members (excludes halogenated alkanes) is 2. The average molecular weight is 294 g/mol. The van der Waals surface area contributed by atoms with Crippen molar-refractivity contribution in [3.8, 4) is 17.2 Å². The predicted molar refractivity (Wildman–Crippen MR) is 89.6 cm³/mol. The van der Waals surface area contributed by atoms with E-state index in [9.17, 15) is 4.79 Å². The maximum Gasteiger partial charge on any atom is 0.335 e. The molecule has 0 heterocycles. The molecule has 3 nitrogen and oxygen atoms in total. The summed E-state index contributed by atoms with van der Waals surface area (Å²) in [5, 5.41) is 8.90. The van der Waals surface area contributed by atoms with Crippen LogP contribution < -0.4 is 0 Å². The Morgan fingerprint density at radius 3 is 2.14 bits per heavy atom. The van der Waals surface area contributed by atoms with E-state index in [0.717, 1.165) is 29.7 Å². The molecule has 0 bridgehead atoms. The Labute approximate surface area is 131 Å². The summed E-state index contributed by atoms with van der Waals surface area (Å²) < 4.78 is 0. The molecule has 3 heteroatoms. The van der Waals surface area contributed by atoms with Gasteiger partial charge in [-0.25, -0.2) is 4.79 Å². The highest BCUT2D eigenvalue weighted by molar-refractivity contribution is 5.88. The number of carboxylic acid groups (broad SMARTS) is 1. The number of rotatable bonds is 5. The van der Waals surface area contributed by atoms with E-state index in [1.807, 2.05) is 36.4 Å². The van der Waals surface area contributed by atoms with E-state index >= 15 is 0 Å². The maximum absolute atomic E-state index is 10.8. The normalized spacial score (nSPS) is 9.86. The molecule has 0 amide bonds. The van der Waals surface area contributed by atoms with E-state index in [0.29, 0.717) is 5.56 Å². The smallest absolute Gasteiger partial charge is 0.335 e. The zero-order chi connectivity index (χ0) is 15.8. The number of aromatic carboxylic acids is 1. The molecule has 0 aliphatic carbocycles. The van der Waals surface area contributed by atoms with Crippen molar-refractivity contribution in [2.75, 3.05) is 6.54 Å². The van der Waals surface area contributed by atoms with Gasteiger partial charge in [-0.2, -0.15) is 0 Å². The van der Waals surface area contributed by atoms with Crippen molar-refractivity contribution in [2.24, 2.45) is 0 Å². The van der Waals surface area contributed by atoms with Crippen molar-refractivity contribution < 1.29 is 9.90 Å². The molecule has 2 rings (SSSR count). The molecule has 112 valence electrons. The van der Waals surface area contributed by atoms with Crippen LogP contribution in [0.1, 0.15) is 42.1 Å². The number of carbonyl (C=O) groups is 1. The van der Waals surface area contributed by atoms with Gasteiger partial charge in [0.25, 0.3) is 6.54 Å². The second-order valence-electron chi connectivity index (χ2n) is 5.16. The van der Waals surface area contributed by atoms with Gasteiger partial charge in [0, 0.05) is 6.42 Å². The fraction of sp³-hybridized carbons (Fsp3) is 0.263. The van der Waals surface area contributed by atoms with E-state index < -0.39 is 5.97 Å². The number of carboxylic acids is 1. The first kappa shape index (κ1) is 15.8. The number of nitrogens with zero attached hydrogens (tertiary/aromatic N) is 1. The van der Waals surface area contributed by atoms with E-state index in [4.69, 9.17) is 5.11 Å². The van der Waals surface area contributed by atoms with Crippen LogP contribution >= 0.6 is 0 Å². The van der Waals surface area contributed by atoms with Crippen LogP contribution in [0.15, 0.2) is 48.5 Å². The third-order valence-electron chi connectivity index (χ3n) is 3.43. The third kappa shape index (κ3) is 4.46. The Morgan fingerprint density at radius 1 is 1.00 bits per heavy atom. The first-order chi connectivity index (χ1) is 10.7. The molecular formula is C19H20NO2+. The van der Waals surface area contributed by atoms with Crippen molar-refractivity contribution in [2.45, 2.75) is 26.2 Å². The molecule has 2 aromatic carbocycles. The van der Waals surface area contributed by atoms with Gasteiger partial charge in [0.1, 0.15) is 5.56 Å². The van der Waals surface area contributed by atoms with Crippen molar-refractivity contribution in [3.05, 3.63) is 64.5 Å². The number of hydrogen-bond donors (Lipinski definition) is 1. The molecule has 0 saturated carbocycles. The Morgan fingerprint density at radius 2 is 1.59 bits per heavy atom. The lowest BCUT2D eigenvalue weighted by Crippen LogP contribution is -1.94. The molecule has 2 aromatic rings. The SMILES string of the molecule is CCCCC[N+]#Cc1ccc(-c2ccc(C(=O)O)cc2)cc1. The zero-order valence-electron chi connectivity index (χ0n) is 12.7. The second kappa shape index (κ2) is 7.99. The molecule has 0 aromatic heterocycles. The van der Waals surface area contributed by atoms with Gasteiger partial charge in [-0.1, -0.05) is 42.5 Å². The van der Waals surface area contributed by atoms with Crippen molar-refractivity contribution in [1.29, 1.82) is 0 Å². The molecule has 0 radical (unpaired) electrons. The topological polar surface area (TPSA) is 41.7 Å². The van der Waals surface area contributed by atoms with Crippen LogP contribution in [0.25, 0.3) is 16.0 Å². The molecule has 0 unspecified atom stereocenters. The Hall–Kier alpha value is -2.60. The average Bonchev–Trinajstić information content (AvgIpc) is 2.55. The van der Waals surface area contributed by atoms with Gasteiger partial charge in [-0.3, -0.25) is 0 Å². The van der Waals surface area contributed by atoms with Crippen LogP contribution in [-0.4, -0.2) is 17.6 Å². The van der Waals surface area contributed by atoms with E-state index in [1.165, 1.54) is 12.8 Å². The van der Waals surface area contributed by atoms with Gasteiger partial charge >= 0.3 is 12.0 Å². The minimum Gasteiger partial charge on any atom is -0.478 e. The summed E-state index contributed by atoms with van der Waals surface area (Å²) in [6, 6.07) is 17.9. The van der Waals surface area contributed by atoms with Crippen LogP contribution in [0.5, 0.6) is 0 Å². The van der Waals surface area contributed by atoms with Crippen LogP contribution in [0, 0.1) is 6.07 Å². The Bertz CT molecular complexity index is 676. The van der Waals surface area contributed by atoms with Gasteiger partial charge in [-0.15, -0.1) is 0 Å². The predicted octanol–water partition coefficient (Wildman–Crippen LogP) is 4.92. The quantitative estimate of drug-likeness (QED) is 0.795. The first-order valence-corrected chi connectivity index (χ1v) is 7.57. The summed E-state index contributed by atoms with van der Waals surface area (Å²) in [6.45, 7) is 3.00. The number of benzene rings is 2.